The number of anilines is 2. The molecule has 1 aromatic heterocycles. The standard InChI is InChI=1S/C17H15F3N8O/c1-5-28(6-2)10-7-8-11(12(9-10)23-15(29)17(18,19)20)26-27-16-24-13(21-3)14(22-4)25-16/h7-9H,5-6H2,1-2H3,(H,23,29)(H,24,25). The van der Waals surface area contributed by atoms with Gasteiger partial charge in [-0.25, -0.2) is 0 Å². The van der Waals surface area contributed by atoms with E-state index in [1.54, 1.807) is 11.4 Å². The van der Waals surface area contributed by atoms with Crippen molar-refractivity contribution in [2.45, 2.75) is 20.0 Å². The van der Waals surface area contributed by atoms with E-state index in [2.05, 4.69) is 29.9 Å². The smallest absolute Gasteiger partial charge is 0.373 e. The number of alkyl halides is 3. The van der Waals surface area contributed by atoms with Crippen LogP contribution in [0.15, 0.2) is 28.4 Å². The molecule has 0 bridgehead atoms. The predicted octanol–water partition coefficient (Wildman–Crippen LogP) is 5.27. The number of benzene rings is 1. The average molecular weight is 404 g/mol. The quantitative estimate of drug-likeness (QED) is 0.507. The van der Waals surface area contributed by atoms with Crippen LogP contribution in [-0.4, -0.2) is 35.1 Å². The largest absolute Gasteiger partial charge is 0.471 e. The van der Waals surface area contributed by atoms with E-state index < -0.39 is 12.1 Å². The number of carbonyl (C=O) groups is 1. The van der Waals surface area contributed by atoms with Gasteiger partial charge in [0.1, 0.15) is 5.69 Å². The molecule has 2 aromatic rings. The predicted molar refractivity (Wildman–Crippen MR) is 100.0 cm³/mol. The summed E-state index contributed by atoms with van der Waals surface area (Å²) in [6.45, 7) is 18.9. The summed E-state index contributed by atoms with van der Waals surface area (Å²) in [6.07, 6.45) is -5.07. The lowest BCUT2D eigenvalue weighted by molar-refractivity contribution is -0.167. The van der Waals surface area contributed by atoms with Crippen LogP contribution in [0.25, 0.3) is 9.69 Å². The lowest BCUT2D eigenvalue weighted by Gasteiger charge is -2.22. The zero-order valence-electron chi connectivity index (χ0n) is 15.4. The van der Waals surface area contributed by atoms with Crippen LogP contribution in [-0.2, 0) is 4.79 Å². The number of imidazole rings is 1. The molecule has 0 aliphatic rings. The Labute approximate surface area is 163 Å². The molecule has 0 radical (unpaired) electrons. The van der Waals surface area contributed by atoms with Gasteiger partial charge in [-0.15, -0.1) is 5.11 Å². The van der Waals surface area contributed by atoms with Crippen LogP contribution in [0.5, 0.6) is 0 Å². The second-order valence-corrected chi connectivity index (χ2v) is 5.48. The van der Waals surface area contributed by atoms with E-state index in [-0.39, 0.29) is 29.0 Å². The first-order chi connectivity index (χ1) is 13.7. The minimum Gasteiger partial charge on any atom is -0.373 e. The number of rotatable bonds is 6. The molecular formula is C17H15F3N8O. The Hall–Kier alpha value is -3.93. The van der Waals surface area contributed by atoms with Gasteiger partial charge < -0.3 is 19.9 Å². The molecule has 0 aliphatic heterocycles. The summed E-state index contributed by atoms with van der Waals surface area (Å²) < 4.78 is 38.1. The molecule has 0 fully saturated rings. The molecule has 0 atom stereocenters. The van der Waals surface area contributed by atoms with Gasteiger partial charge in [0.15, 0.2) is 0 Å². The number of azo groups is 1. The van der Waals surface area contributed by atoms with Crippen molar-refractivity contribution in [3.05, 3.63) is 41.0 Å². The molecule has 0 saturated carbocycles. The summed E-state index contributed by atoms with van der Waals surface area (Å²) in [6, 6.07) is 4.39. The van der Waals surface area contributed by atoms with Gasteiger partial charge >= 0.3 is 18.0 Å². The fourth-order valence-corrected chi connectivity index (χ4v) is 2.34. The maximum Gasteiger partial charge on any atom is 0.471 e. The normalized spacial score (nSPS) is 11.1. The minimum atomic E-state index is -5.07. The zero-order valence-corrected chi connectivity index (χ0v) is 15.4. The highest BCUT2D eigenvalue weighted by Crippen LogP contribution is 2.34. The summed E-state index contributed by atoms with van der Waals surface area (Å²) in [5.41, 5.74) is 0.349. The lowest BCUT2D eigenvalue weighted by atomic mass is 10.2. The number of carbonyl (C=O) groups excluding carboxylic acids is 1. The molecule has 0 spiro atoms. The molecular weight excluding hydrogens is 389 g/mol. The first-order valence-corrected chi connectivity index (χ1v) is 8.27. The Bertz CT molecular complexity index is 978. The number of hydrogen-bond donors (Lipinski definition) is 2. The third kappa shape index (κ3) is 5.07. The molecule has 12 heteroatoms. The van der Waals surface area contributed by atoms with Crippen LogP contribution >= 0.6 is 0 Å². The number of nitrogens with one attached hydrogen (secondary N) is 2. The number of halogens is 3. The van der Waals surface area contributed by atoms with Crippen molar-refractivity contribution >= 4 is 40.6 Å². The monoisotopic (exact) mass is 404 g/mol. The third-order valence-electron chi connectivity index (χ3n) is 3.74. The van der Waals surface area contributed by atoms with E-state index in [1.807, 2.05) is 18.7 Å². The van der Waals surface area contributed by atoms with Gasteiger partial charge in [0.2, 0.25) is 0 Å². The summed E-state index contributed by atoms with van der Waals surface area (Å²) in [4.78, 5) is 25.6. The van der Waals surface area contributed by atoms with E-state index in [4.69, 9.17) is 13.1 Å². The highest BCUT2D eigenvalue weighted by atomic mass is 19.4. The summed E-state index contributed by atoms with van der Waals surface area (Å²) >= 11 is 0. The summed E-state index contributed by atoms with van der Waals surface area (Å²) in [5, 5.41) is 9.33. The first-order valence-electron chi connectivity index (χ1n) is 8.27. The Kier molecular flexibility index (Phi) is 6.51. The number of amides is 1. The van der Waals surface area contributed by atoms with Gasteiger partial charge in [0, 0.05) is 18.8 Å². The maximum atomic E-state index is 12.7. The molecule has 9 nitrogen and oxygen atoms in total. The topological polar surface area (TPSA) is 94.5 Å². The van der Waals surface area contributed by atoms with Crippen LogP contribution in [0.3, 0.4) is 0 Å². The number of nitrogens with zero attached hydrogens (tertiary/aromatic N) is 6. The van der Waals surface area contributed by atoms with Crippen LogP contribution in [0.2, 0.25) is 0 Å². The molecule has 0 aliphatic carbocycles. The Morgan fingerprint density at radius 2 is 1.93 bits per heavy atom. The maximum absolute atomic E-state index is 12.7. The molecule has 0 unspecified atom stereocenters. The zero-order chi connectivity index (χ0) is 21.6. The molecule has 2 N–H and O–H groups in total. The molecule has 2 rings (SSSR count). The van der Waals surface area contributed by atoms with Crippen molar-refractivity contribution in [1.29, 1.82) is 0 Å². The SMILES string of the molecule is [C-]#[N+]c1nc(N=Nc2ccc(N(CC)CC)cc2NC(=O)C(F)(F)F)[nH]c1[N+]#[C-]. The fraction of sp³-hybridized carbons (Fsp3) is 0.294. The van der Waals surface area contributed by atoms with E-state index >= 15 is 0 Å². The summed E-state index contributed by atoms with van der Waals surface area (Å²) in [7, 11) is 0. The van der Waals surface area contributed by atoms with Gasteiger partial charge in [-0.1, -0.05) is 23.2 Å². The van der Waals surface area contributed by atoms with Gasteiger partial charge in [-0.2, -0.15) is 13.2 Å². The number of H-pyrrole nitrogens is 1. The third-order valence-corrected chi connectivity index (χ3v) is 3.74. The van der Waals surface area contributed by atoms with Crippen molar-refractivity contribution in [2.24, 2.45) is 10.2 Å². The van der Waals surface area contributed by atoms with E-state index in [1.165, 1.54) is 12.1 Å². The van der Waals surface area contributed by atoms with Gasteiger partial charge in [0.05, 0.1) is 5.69 Å². The van der Waals surface area contributed by atoms with Crippen LogP contribution in [0.1, 0.15) is 13.8 Å². The highest BCUT2D eigenvalue weighted by Gasteiger charge is 2.39. The molecule has 0 saturated heterocycles. The minimum absolute atomic E-state index is 0.0522. The second-order valence-electron chi connectivity index (χ2n) is 5.48. The van der Waals surface area contributed by atoms with E-state index in [9.17, 15) is 18.0 Å². The van der Waals surface area contributed by atoms with Crippen molar-refractivity contribution < 1.29 is 18.0 Å². The van der Waals surface area contributed by atoms with E-state index in [0.717, 1.165) is 0 Å². The van der Waals surface area contributed by atoms with Crippen LogP contribution < -0.4 is 10.2 Å². The Morgan fingerprint density at radius 3 is 2.45 bits per heavy atom. The molecule has 150 valence electrons. The Balaban J connectivity index is 2.44. The van der Waals surface area contributed by atoms with Crippen molar-refractivity contribution in [3.63, 3.8) is 0 Å². The Morgan fingerprint density at radius 1 is 1.24 bits per heavy atom. The van der Waals surface area contributed by atoms with Crippen LogP contribution in [0, 0.1) is 13.1 Å². The van der Waals surface area contributed by atoms with Crippen molar-refractivity contribution in [2.75, 3.05) is 23.3 Å². The van der Waals surface area contributed by atoms with Gasteiger partial charge in [-0.05, 0) is 32.0 Å². The summed E-state index contributed by atoms with van der Waals surface area (Å²) in [5.74, 6) is -2.63. The molecule has 1 heterocycles. The van der Waals surface area contributed by atoms with Crippen molar-refractivity contribution in [1.82, 2.24) is 9.97 Å². The number of aromatic nitrogens is 2. The number of hydrogen-bond acceptors (Lipinski definition) is 5. The second kappa shape index (κ2) is 8.84. The van der Waals surface area contributed by atoms with Crippen LogP contribution in [0.4, 0.5) is 47.8 Å². The van der Waals surface area contributed by atoms with E-state index in [0.29, 0.717) is 18.8 Å². The highest BCUT2D eigenvalue weighted by molar-refractivity contribution is 5.97. The van der Waals surface area contributed by atoms with Gasteiger partial charge in [-0.3, -0.25) is 9.78 Å². The fourth-order valence-electron chi connectivity index (χ4n) is 2.34. The average Bonchev–Trinajstić information content (AvgIpc) is 3.10. The van der Waals surface area contributed by atoms with Crippen molar-refractivity contribution in [3.8, 4) is 0 Å². The molecule has 29 heavy (non-hydrogen) atoms. The number of aromatic amines is 1. The lowest BCUT2D eigenvalue weighted by Crippen LogP contribution is -2.30. The molecule has 1 aromatic carbocycles. The first kappa shape index (κ1) is 21.4. The van der Waals surface area contributed by atoms with Gasteiger partial charge in [0.25, 0.3) is 11.6 Å². The molecule has 1 amide bonds.